The number of nitrogens with zero attached hydrogens (tertiary/aromatic N) is 1. The predicted octanol–water partition coefficient (Wildman–Crippen LogP) is 4.47. The van der Waals surface area contributed by atoms with Gasteiger partial charge in [0.25, 0.3) is 0 Å². The lowest BCUT2D eigenvalue weighted by atomic mass is 9.96. The van der Waals surface area contributed by atoms with Crippen LogP contribution in [0.2, 0.25) is 0 Å². The van der Waals surface area contributed by atoms with Gasteiger partial charge in [0.05, 0.1) is 0 Å². The summed E-state index contributed by atoms with van der Waals surface area (Å²) in [6.07, 6.45) is 5.45. The molecule has 0 bridgehead atoms. The average molecular weight is 259 g/mol. The van der Waals surface area contributed by atoms with Gasteiger partial charge in [-0.15, -0.1) is 0 Å². The van der Waals surface area contributed by atoms with Gasteiger partial charge in [-0.2, -0.15) is 0 Å². The summed E-state index contributed by atoms with van der Waals surface area (Å²) in [7, 11) is 0. The van der Waals surface area contributed by atoms with Crippen LogP contribution in [0.1, 0.15) is 57.1 Å². The molecule has 19 heavy (non-hydrogen) atoms. The summed E-state index contributed by atoms with van der Waals surface area (Å²) in [5.41, 5.74) is 2.95. The lowest BCUT2D eigenvalue weighted by molar-refractivity contribution is 0.200. The molecule has 0 aromatic heterocycles. The zero-order valence-electron chi connectivity index (χ0n) is 12.9. The van der Waals surface area contributed by atoms with E-state index in [0.717, 1.165) is 5.92 Å². The Bertz CT molecular complexity index is 360. The Morgan fingerprint density at radius 3 is 2.16 bits per heavy atom. The van der Waals surface area contributed by atoms with E-state index < -0.39 is 0 Å². The van der Waals surface area contributed by atoms with Gasteiger partial charge >= 0.3 is 0 Å². The van der Waals surface area contributed by atoms with Crippen LogP contribution in [0, 0.1) is 5.92 Å². The largest absolute Gasteiger partial charge is 0.303 e. The van der Waals surface area contributed by atoms with E-state index in [1.54, 1.807) is 0 Å². The molecule has 0 spiro atoms. The molecule has 0 saturated carbocycles. The normalized spacial score (nSPS) is 18.7. The Hall–Kier alpha value is -0.820. The minimum atomic E-state index is 0.639. The van der Waals surface area contributed by atoms with Crippen LogP contribution in [0.15, 0.2) is 24.3 Å². The van der Waals surface area contributed by atoms with Gasteiger partial charge in [-0.05, 0) is 55.3 Å². The molecule has 1 unspecified atom stereocenters. The Kier molecular flexibility index (Phi) is 5.45. The van der Waals surface area contributed by atoms with Crippen molar-refractivity contribution in [1.82, 2.24) is 4.90 Å². The summed E-state index contributed by atoms with van der Waals surface area (Å²) in [6.45, 7) is 10.8. The van der Waals surface area contributed by atoms with Gasteiger partial charge in [0, 0.05) is 6.54 Å². The topological polar surface area (TPSA) is 3.24 Å². The molecular formula is C18H29N. The van der Waals surface area contributed by atoms with E-state index in [1.807, 2.05) is 0 Å². The van der Waals surface area contributed by atoms with Crippen LogP contribution in [-0.4, -0.2) is 24.5 Å². The fourth-order valence-electron chi connectivity index (χ4n) is 3.09. The van der Waals surface area contributed by atoms with E-state index in [-0.39, 0.29) is 0 Å². The van der Waals surface area contributed by atoms with E-state index in [1.165, 1.54) is 56.4 Å². The van der Waals surface area contributed by atoms with Crippen LogP contribution in [0.5, 0.6) is 0 Å². The first-order chi connectivity index (χ1) is 9.15. The molecule has 1 aliphatic heterocycles. The molecule has 1 saturated heterocycles. The van der Waals surface area contributed by atoms with Crippen LogP contribution >= 0.6 is 0 Å². The quantitative estimate of drug-likeness (QED) is 0.754. The van der Waals surface area contributed by atoms with E-state index in [0.29, 0.717) is 5.92 Å². The molecule has 1 atom stereocenters. The number of benzene rings is 1. The molecular weight excluding hydrogens is 230 g/mol. The fourth-order valence-corrected chi connectivity index (χ4v) is 3.09. The lowest BCUT2D eigenvalue weighted by Gasteiger charge is -2.29. The van der Waals surface area contributed by atoms with Crippen molar-refractivity contribution in [3.63, 3.8) is 0 Å². The summed E-state index contributed by atoms with van der Waals surface area (Å²) in [5.74, 6) is 1.41. The van der Waals surface area contributed by atoms with Crippen molar-refractivity contribution in [3.8, 4) is 0 Å². The average Bonchev–Trinajstić information content (AvgIpc) is 2.40. The Labute approximate surface area is 119 Å². The number of rotatable bonds is 5. The SMILES string of the molecule is CC(Cc1ccc(C(C)C)cc1)CN1CCCCC1. The molecule has 0 N–H and O–H groups in total. The smallest absolute Gasteiger partial charge is 0.00102 e. The van der Waals surface area contributed by atoms with Gasteiger partial charge in [0.2, 0.25) is 0 Å². The lowest BCUT2D eigenvalue weighted by Crippen LogP contribution is -2.34. The van der Waals surface area contributed by atoms with Gasteiger partial charge < -0.3 is 4.90 Å². The highest BCUT2D eigenvalue weighted by Crippen LogP contribution is 2.18. The zero-order chi connectivity index (χ0) is 13.7. The van der Waals surface area contributed by atoms with Crippen LogP contribution in [0.25, 0.3) is 0 Å². The van der Waals surface area contributed by atoms with E-state index in [4.69, 9.17) is 0 Å². The van der Waals surface area contributed by atoms with Crippen molar-refractivity contribution in [3.05, 3.63) is 35.4 Å². The van der Waals surface area contributed by atoms with Gasteiger partial charge in [-0.3, -0.25) is 0 Å². The first-order valence-corrected chi connectivity index (χ1v) is 7.96. The minimum Gasteiger partial charge on any atom is -0.303 e. The maximum Gasteiger partial charge on any atom is 0.00102 e. The highest BCUT2D eigenvalue weighted by molar-refractivity contribution is 5.24. The van der Waals surface area contributed by atoms with Crippen molar-refractivity contribution in [2.24, 2.45) is 5.92 Å². The Morgan fingerprint density at radius 2 is 1.58 bits per heavy atom. The molecule has 1 fully saturated rings. The number of likely N-dealkylation sites (tertiary alicyclic amines) is 1. The van der Waals surface area contributed by atoms with Crippen molar-refractivity contribution in [2.45, 2.75) is 52.4 Å². The van der Waals surface area contributed by atoms with E-state index >= 15 is 0 Å². The number of hydrogen-bond acceptors (Lipinski definition) is 1. The molecule has 1 aromatic rings. The van der Waals surface area contributed by atoms with E-state index in [2.05, 4.69) is 49.9 Å². The van der Waals surface area contributed by atoms with Crippen molar-refractivity contribution >= 4 is 0 Å². The molecule has 1 aliphatic rings. The monoisotopic (exact) mass is 259 g/mol. The van der Waals surface area contributed by atoms with Crippen molar-refractivity contribution in [1.29, 1.82) is 0 Å². The van der Waals surface area contributed by atoms with Crippen LogP contribution in [0.4, 0.5) is 0 Å². The molecule has 1 heterocycles. The molecule has 0 aliphatic carbocycles. The second-order valence-electron chi connectivity index (χ2n) is 6.57. The summed E-state index contributed by atoms with van der Waals surface area (Å²) in [5, 5.41) is 0. The first kappa shape index (κ1) is 14.6. The molecule has 0 radical (unpaired) electrons. The third-order valence-corrected chi connectivity index (χ3v) is 4.25. The van der Waals surface area contributed by atoms with Gasteiger partial charge in [-0.25, -0.2) is 0 Å². The van der Waals surface area contributed by atoms with Gasteiger partial charge in [0.1, 0.15) is 0 Å². The Balaban J connectivity index is 1.82. The summed E-state index contributed by atoms with van der Waals surface area (Å²) >= 11 is 0. The third-order valence-electron chi connectivity index (χ3n) is 4.25. The highest BCUT2D eigenvalue weighted by atomic mass is 15.1. The molecule has 0 amide bonds. The van der Waals surface area contributed by atoms with Crippen LogP contribution in [-0.2, 0) is 6.42 Å². The molecule has 2 rings (SSSR count). The third kappa shape index (κ3) is 4.65. The summed E-state index contributed by atoms with van der Waals surface area (Å²) in [4.78, 5) is 2.65. The summed E-state index contributed by atoms with van der Waals surface area (Å²) in [6, 6.07) is 9.24. The molecule has 1 heteroatoms. The fraction of sp³-hybridized carbons (Fsp3) is 0.667. The molecule has 106 valence electrons. The predicted molar refractivity (Wildman–Crippen MR) is 83.7 cm³/mol. The highest BCUT2D eigenvalue weighted by Gasteiger charge is 2.13. The van der Waals surface area contributed by atoms with Crippen molar-refractivity contribution < 1.29 is 0 Å². The number of hydrogen-bond donors (Lipinski definition) is 0. The van der Waals surface area contributed by atoms with Crippen LogP contribution in [0.3, 0.4) is 0 Å². The first-order valence-electron chi connectivity index (χ1n) is 7.96. The van der Waals surface area contributed by atoms with Gasteiger partial charge in [0.15, 0.2) is 0 Å². The van der Waals surface area contributed by atoms with Crippen molar-refractivity contribution in [2.75, 3.05) is 19.6 Å². The second kappa shape index (κ2) is 7.09. The van der Waals surface area contributed by atoms with E-state index in [9.17, 15) is 0 Å². The minimum absolute atomic E-state index is 0.639. The summed E-state index contributed by atoms with van der Waals surface area (Å²) < 4.78 is 0. The maximum atomic E-state index is 2.65. The maximum absolute atomic E-state index is 2.65. The number of piperidine rings is 1. The zero-order valence-corrected chi connectivity index (χ0v) is 12.9. The second-order valence-corrected chi connectivity index (χ2v) is 6.57. The standard InChI is InChI=1S/C18H29N/c1-15(2)18-9-7-17(8-10-18)13-16(3)14-19-11-5-4-6-12-19/h7-10,15-16H,4-6,11-14H2,1-3H3. The Morgan fingerprint density at radius 1 is 0.947 bits per heavy atom. The van der Waals surface area contributed by atoms with Crippen LogP contribution < -0.4 is 0 Å². The molecule has 1 nitrogen and oxygen atoms in total. The van der Waals surface area contributed by atoms with Gasteiger partial charge in [-0.1, -0.05) is 51.5 Å². The molecule has 1 aromatic carbocycles.